The molecule has 1 atom stereocenters. The Morgan fingerprint density at radius 2 is 1.90 bits per heavy atom. The number of rotatable bonds is 6. The molecular formula is C14H20BrNO4. The Labute approximate surface area is 127 Å². The summed E-state index contributed by atoms with van der Waals surface area (Å²) in [7, 11) is 3.12. The lowest BCUT2D eigenvalue weighted by molar-refractivity contribution is -0.138. The van der Waals surface area contributed by atoms with Gasteiger partial charge in [0.2, 0.25) is 0 Å². The van der Waals surface area contributed by atoms with Crippen LogP contribution in [-0.4, -0.2) is 31.3 Å². The first-order valence-corrected chi connectivity index (χ1v) is 7.04. The van der Waals surface area contributed by atoms with E-state index in [4.69, 9.17) is 20.3 Å². The Morgan fingerprint density at radius 3 is 2.30 bits per heavy atom. The van der Waals surface area contributed by atoms with Crippen molar-refractivity contribution in [3.8, 4) is 11.5 Å². The number of halogens is 1. The first-order valence-electron chi connectivity index (χ1n) is 6.25. The van der Waals surface area contributed by atoms with E-state index >= 15 is 0 Å². The summed E-state index contributed by atoms with van der Waals surface area (Å²) >= 11 is 3.46. The van der Waals surface area contributed by atoms with Crippen LogP contribution in [0.25, 0.3) is 0 Å². The SMILES string of the molecule is COc1c(CC(N)C(=O)O)cc(C(C)C)c(OC)c1Br. The highest BCUT2D eigenvalue weighted by atomic mass is 79.9. The highest BCUT2D eigenvalue weighted by molar-refractivity contribution is 9.10. The van der Waals surface area contributed by atoms with Crippen LogP contribution in [0.1, 0.15) is 30.9 Å². The maximum absolute atomic E-state index is 10.9. The molecule has 0 aliphatic heterocycles. The molecule has 0 amide bonds. The van der Waals surface area contributed by atoms with E-state index in [0.29, 0.717) is 16.0 Å². The molecule has 6 heteroatoms. The van der Waals surface area contributed by atoms with Gasteiger partial charge in [-0.1, -0.05) is 13.8 Å². The molecule has 0 saturated carbocycles. The van der Waals surface area contributed by atoms with Crippen LogP contribution in [0.4, 0.5) is 0 Å². The number of nitrogens with two attached hydrogens (primary N) is 1. The van der Waals surface area contributed by atoms with E-state index in [0.717, 1.165) is 11.1 Å². The summed E-state index contributed by atoms with van der Waals surface area (Å²) in [5, 5.41) is 8.95. The van der Waals surface area contributed by atoms with Gasteiger partial charge in [0.05, 0.1) is 14.2 Å². The van der Waals surface area contributed by atoms with Crippen molar-refractivity contribution in [3.05, 3.63) is 21.7 Å². The standard InChI is InChI=1S/C14H20BrNO4/c1-7(2)9-5-8(6-10(16)14(17)18)12(19-3)11(15)13(9)20-4/h5,7,10H,6,16H2,1-4H3,(H,17,18). The average molecular weight is 346 g/mol. The number of ether oxygens (including phenoxy) is 2. The molecule has 0 aromatic heterocycles. The number of carboxylic acids is 1. The molecule has 1 rings (SSSR count). The molecule has 1 aromatic carbocycles. The molecule has 0 bridgehead atoms. The highest BCUT2D eigenvalue weighted by Gasteiger charge is 2.22. The molecule has 0 spiro atoms. The van der Waals surface area contributed by atoms with E-state index in [-0.39, 0.29) is 12.3 Å². The second kappa shape index (κ2) is 6.95. The number of aliphatic carboxylic acids is 1. The Balaban J connectivity index is 3.39. The molecule has 0 saturated heterocycles. The summed E-state index contributed by atoms with van der Waals surface area (Å²) in [6, 6.07) is 0.930. The second-order valence-corrected chi connectivity index (χ2v) is 5.60. The highest BCUT2D eigenvalue weighted by Crippen LogP contribution is 2.43. The summed E-state index contributed by atoms with van der Waals surface area (Å²) in [6.45, 7) is 4.08. The first kappa shape index (κ1) is 16.8. The van der Waals surface area contributed by atoms with Gasteiger partial charge in [-0.25, -0.2) is 0 Å². The van der Waals surface area contributed by atoms with Crippen molar-refractivity contribution in [3.63, 3.8) is 0 Å². The van der Waals surface area contributed by atoms with Gasteiger partial charge < -0.3 is 20.3 Å². The van der Waals surface area contributed by atoms with Crippen molar-refractivity contribution in [2.45, 2.75) is 32.2 Å². The molecule has 1 aromatic rings. The number of carbonyl (C=O) groups is 1. The van der Waals surface area contributed by atoms with E-state index < -0.39 is 12.0 Å². The molecule has 0 radical (unpaired) electrons. The first-order chi connectivity index (χ1) is 9.33. The molecule has 0 fully saturated rings. The van der Waals surface area contributed by atoms with Crippen LogP contribution >= 0.6 is 15.9 Å². The Kier molecular flexibility index (Phi) is 5.83. The van der Waals surface area contributed by atoms with E-state index in [9.17, 15) is 4.79 Å². The zero-order valence-corrected chi connectivity index (χ0v) is 13.7. The number of hydrogen-bond acceptors (Lipinski definition) is 4. The molecule has 0 heterocycles. The van der Waals surface area contributed by atoms with Crippen molar-refractivity contribution >= 4 is 21.9 Å². The van der Waals surface area contributed by atoms with Gasteiger partial charge >= 0.3 is 5.97 Å². The van der Waals surface area contributed by atoms with Crippen LogP contribution in [0.5, 0.6) is 11.5 Å². The number of carboxylic acid groups (broad SMARTS) is 1. The van der Waals surface area contributed by atoms with Crippen molar-refractivity contribution in [1.82, 2.24) is 0 Å². The van der Waals surface area contributed by atoms with Crippen molar-refractivity contribution in [2.75, 3.05) is 14.2 Å². The molecule has 0 aliphatic carbocycles. The normalized spacial score (nSPS) is 12.3. The third kappa shape index (κ3) is 3.43. The zero-order valence-electron chi connectivity index (χ0n) is 12.1. The predicted octanol–water partition coefficient (Wildman–Crippen LogP) is 2.54. The van der Waals surface area contributed by atoms with Gasteiger partial charge in [0, 0.05) is 6.42 Å². The fraction of sp³-hybridized carbons (Fsp3) is 0.500. The third-order valence-corrected chi connectivity index (χ3v) is 3.79. The Hall–Kier alpha value is -1.27. The molecule has 112 valence electrons. The van der Waals surface area contributed by atoms with Crippen LogP contribution in [-0.2, 0) is 11.2 Å². The lowest BCUT2D eigenvalue weighted by atomic mass is 9.96. The Morgan fingerprint density at radius 1 is 1.35 bits per heavy atom. The third-order valence-electron chi connectivity index (χ3n) is 3.07. The molecule has 20 heavy (non-hydrogen) atoms. The fourth-order valence-corrected chi connectivity index (χ4v) is 2.83. The quantitative estimate of drug-likeness (QED) is 0.827. The number of hydrogen-bond donors (Lipinski definition) is 2. The van der Waals surface area contributed by atoms with Crippen molar-refractivity contribution < 1.29 is 19.4 Å². The lowest BCUT2D eigenvalue weighted by Gasteiger charge is -2.20. The maximum Gasteiger partial charge on any atom is 0.320 e. The summed E-state index contributed by atoms with van der Waals surface area (Å²) < 4.78 is 11.5. The minimum absolute atomic E-state index is 0.195. The van der Waals surface area contributed by atoms with Crippen molar-refractivity contribution in [2.24, 2.45) is 5.73 Å². The molecule has 3 N–H and O–H groups in total. The predicted molar refractivity (Wildman–Crippen MR) is 80.7 cm³/mol. The Bertz CT molecular complexity index is 502. The smallest absolute Gasteiger partial charge is 0.320 e. The van der Waals surface area contributed by atoms with Crippen LogP contribution in [0, 0.1) is 0 Å². The molecule has 0 aliphatic rings. The minimum atomic E-state index is -1.04. The fourth-order valence-electron chi connectivity index (χ4n) is 2.02. The van der Waals surface area contributed by atoms with E-state index in [1.165, 1.54) is 7.11 Å². The van der Waals surface area contributed by atoms with Crippen molar-refractivity contribution in [1.29, 1.82) is 0 Å². The largest absolute Gasteiger partial charge is 0.495 e. The number of benzene rings is 1. The van der Waals surface area contributed by atoms with Crippen LogP contribution in [0.2, 0.25) is 0 Å². The van der Waals surface area contributed by atoms with E-state index in [2.05, 4.69) is 15.9 Å². The van der Waals surface area contributed by atoms with Crippen LogP contribution < -0.4 is 15.2 Å². The average Bonchev–Trinajstić information content (AvgIpc) is 2.38. The monoisotopic (exact) mass is 345 g/mol. The van der Waals surface area contributed by atoms with Gasteiger partial charge in [-0.2, -0.15) is 0 Å². The van der Waals surface area contributed by atoms with Gasteiger partial charge in [0.15, 0.2) is 0 Å². The van der Waals surface area contributed by atoms with E-state index in [1.54, 1.807) is 7.11 Å². The molecule has 5 nitrogen and oxygen atoms in total. The molecular weight excluding hydrogens is 326 g/mol. The van der Waals surface area contributed by atoms with Crippen LogP contribution in [0.3, 0.4) is 0 Å². The summed E-state index contributed by atoms with van der Waals surface area (Å²) in [5.74, 6) is 0.449. The van der Waals surface area contributed by atoms with E-state index in [1.807, 2.05) is 19.9 Å². The van der Waals surface area contributed by atoms with Gasteiger partial charge in [0.1, 0.15) is 22.0 Å². The topological polar surface area (TPSA) is 81.8 Å². The second-order valence-electron chi connectivity index (χ2n) is 4.81. The minimum Gasteiger partial charge on any atom is -0.495 e. The number of methoxy groups -OCH3 is 2. The maximum atomic E-state index is 10.9. The summed E-state index contributed by atoms with van der Waals surface area (Å²) in [4.78, 5) is 10.9. The van der Waals surface area contributed by atoms with Gasteiger partial charge in [-0.3, -0.25) is 4.79 Å². The van der Waals surface area contributed by atoms with Gasteiger partial charge in [-0.15, -0.1) is 0 Å². The lowest BCUT2D eigenvalue weighted by Crippen LogP contribution is -2.32. The van der Waals surface area contributed by atoms with Gasteiger partial charge in [-0.05, 0) is 39.0 Å². The summed E-state index contributed by atoms with van der Waals surface area (Å²) in [6.07, 6.45) is 0.195. The van der Waals surface area contributed by atoms with Crippen LogP contribution in [0.15, 0.2) is 10.5 Å². The molecule has 1 unspecified atom stereocenters. The zero-order chi connectivity index (χ0) is 15.4. The van der Waals surface area contributed by atoms with Gasteiger partial charge in [0.25, 0.3) is 0 Å². The summed E-state index contributed by atoms with van der Waals surface area (Å²) in [5.41, 5.74) is 7.35.